The molecule has 1 aromatic rings. The van der Waals surface area contributed by atoms with Crippen LogP contribution in [-0.4, -0.2) is 36.6 Å². The van der Waals surface area contributed by atoms with Crippen molar-refractivity contribution in [2.45, 2.75) is 51.5 Å². The van der Waals surface area contributed by atoms with Crippen LogP contribution in [0.15, 0.2) is 18.2 Å². The smallest absolute Gasteiger partial charge is 0.223 e. The molecule has 0 aromatic heterocycles. The second-order valence-electron chi connectivity index (χ2n) is 6.12. The van der Waals surface area contributed by atoms with Crippen LogP contribution < -0.4 is 9.47 Å². The number of fused-ring (bicyclic) bond motifs is 1. The molecule has 1 aromatic carbocycles. The molecule has 0 N–H and O–H groups in total. The van der Waals surface area contributed by atoms with Gasteiger partial charge >= 0.3 is 0 Å². The van der Waals surface area contributed by atoms with Gasteiger partial charge in [-0.1, -0.05) is 13.0 Å². The van der Waals surface area contributed by atoms with Crippen molar-refractivity contribution >= 4 is 5.91 Å². The number of aryl methyl sites for hydroxylation is 1. The van der Waals surface area contributed by atoms with Crippen LogP contribution in [0, 0.1) is 0 Å². The van der Waals surface area contributed by atoms with E-state index in [2.05, 4.69) is 11.8 Å². The zero-order valence-electron chi connectivity index (χ0n) is 13.3. The minimum absolute atomic E-state index is 0.293. The van der Waals surface area contributed by atoms with Gasteiger partial charge in [-0.2, -0.15) is 0 Å². The van der Waals surface area contributed by atoms with E-state index in [1.165, 1.54) is 6.42 Å². The summed E-state index contributed by atoms with van der Waals surface area (Å²) in [5.74, 6) is 1.91. The Balaban J connectivity index is 1.58. The molecule has 3 rings (SSSR count). The third-order valence-corrected chi connectivity index (χ3v) is 4.65. The van der Waals surface area contributed by atoms with Gasteiger partial charge in [0.25, 0.3) is 0 Å². The highest BCUT2D eigenvalue weighted by molar-refractivity contribution is 5.77. The van der Waals surface area contributed by atoms with Crippen LogP contribution >= 0.6 is 0 Å². The van der Waals surface area contributed by atoms with E-state index in [1.54, 1.807) is 0 Å². The number of likely N-dealkylation sites (tertiary alicyclic amines) is 1. The van der Waals surface area contributed by atoms with Crippen molar-refractivity contribution < 1.29 is 14.3 Å². The molecule has 1 atom stereocenters. The largest absolute Gasteiger partial charge is 0.486 e. The summed E-state index contributed by atoms with van der Waals surface area (Å²) in [4.78, 5) is 14.6. The maximum absolute atomic E-state index is 12.5. The number of rotatable bonds is 4. The number of amides is 1. The summed E-state index contributed by atoms with van der Waals surface area (Å²) in [7, 11) is 0. The van der Waals surface area contributed by atoms with Gasteiger partial charge in [0.1, 0.15) is 13.2 Å². The molecule has 2 heterocycles. The first-order chi connectivity index (χ1) is 10.8. The van der Waals surface area contributed by atoms with Gasteiger partial charge in [-0.3, -0.25) is 4.79 Å². The maximum atomic E-state index is 12.5. The van der Waals surface area contributed by atoms with Crippen LogP contribution in [0.25, 0.3) is 0 Å². The summed E-state index contributed by atoms with van der Waals surface area (Å²) in [5, 5.41) is 0. The minimum atomic E-state index is 0.293. The van der Waals surface area contributed by atoms with Crippen molar-refractivity contribution in [3.05, 3.63) is 23.8 Å². The number of benzene rings is 1. The van der Waals surface area contributed by atoms with E-state index in [4.69, 9.17) is 9.47 Å². The third-order valence-electron chi connectivity index (χ3n) is 4.65. The SMILES string of the molecule is CCC1CCCCN1C(=O)CCc1ccc2c(c1)OCCO2. The Morgan fingerprint density at radius 3 is 2.86 bits per heavy atom. The highest BCUT2D eigenvalue weighted by Gasteiger charge is 2.24. The van der Waals surface area contributed by atoms with E-state index in [-0.39, 0.29) is 0 Å². The second kappa shape index (κ2) is 7.03. The van der Waals surface area contributed by atoms with Gasteiger partial charge in [-0.25, -0.2) is 0 Å². The molecule has 22 heavy (non-hydrogen) atoms. The van der Waals surface area contributed by atoms with Crippen molar-refractivity contribution in [2.75, 3.05) is 19.8 Å². The summed E-state index contributed by atoms with van der Waals surface area (Å²) in [6.45, 7) is 4.31. The van der Waals surface area contributed by atoms with Crippen molar-refractivity contribution in [3.8, 4) is 11.5 Å². The van der Waals surface area contributed by atoms with E-state index in [1.807, 2.05) is 18.2 Å². The van der Waals surface area contributed by atoms with Crippen LogP contribution in [-0.2, 0) is 11.2 Å². The summed E-state index contributed by atoms with van der Waals surface area (Å²) >= 11 is 0. The fourth-order valence-corrected chi connectivity index (χ4v) is 3.39. The van der Waals surface area contributed by atoms with E-state index < -0.39 is 0 Å². The first-order valence-electron chi connectivity index (χ1n) is 8.46. The molecule has 1 fully saturated rings. The van der Waals surface area contributed by atoms with Gasteiger partial charge in [0.2, 0.25) is 5.91 Å². The standard InChI is InChI=1S/C18H25NO3/c1-2-15-5-3-4-10-19(15)18(20)9-7-14-6-8-16-17(13-14)22-12-11-21-16/h6,8,13,15H,2-5,7,9-12H2,1H3. The zero-order valence-corrected chi connectivity index (χ0v) is 13.3. The molecule has 0 spiro atoms. The summed E-state index contributed by atoms with van der Waals surface area (Å²) in [6.07, 6.45) is 5.97. The Kier molecular flexibility index (Phi) is 4.86. The molecule has 0 saturated carbocycles. The van der Waals surface area contributed by atoms with Crippen molar-refractivity contribution in [1.29, 1.82) is 0 Å². The molecular weight excluding hydrogens is 278 g/mol. The number of piperidine rings is 1. The molecule has 0 radical (unpaired) electrons. The maximum Gasteiger partial charge on any atom is 0.223 e. The molecule has 0 aliphatic carbocycles. The Morgan fingerprint density at radius 1 is 1.23 bits per heavy atom. The topological polar surface area (TPSA) is 38.8 Å². The lowest BCUT2D eigenvalue weighted by molar-refractivity contribution is -0.134. The van der Waals surface area contributed by atoms with E-state index in [0.29, 0.717) is 31.6 Å². The van der Waals surface area contributed by atoms with E-state index in [9.17, 15) is 4.79 Å². The van der Waals surface area contributed by atoms with Crippen molar-refractivity contribution in [1.82, 2.24) is 4.90 Å². The number of carbonyl (C=O) groups is 1. The first kappa shape index (κ1) is 15.2. The Hall–Kier alpha value is -1.71. The fraction of sp³-hybridized carbons (Fsp3) is 0.611. The second-order valence-corrected chi connectivity index (χ2v) is 6.12. The van der Waals surface area contributed by atoms with E-state index >= 15 is 0 Å². The summed E-state index contributed by atoms with van der Waals surface area (Å²) in [6, 6.07) is 6.44. The van der Waals surface area contributed by atoms with Crippen LogP contribution in [0.4, 0.5) is 0 Å². The predicted octanol–water partition coefficient (Wildman–Crippen LogP) is 3.18. The van der Waals surface area contributed by atoms with Gasteiger partial charge in [0, 0.05) is 19.0 Å². The number of ether oxygens (including phenoxy) is 2. The molecule has 1 unspecified atom stereocenters. The number of hydrogen-bond acceptors (Lipinski definition) is 3. The lowest BCUT2D eigenvalue weighted by Crippen LogP contribution is -2.43. The Labute approximate surface area is 132 Å². The Bertz CT molecular complexity index is 529. The molecule has 120 valence electrons. The van der Waals surface area contributed by atoms with Gasteiger partial charge in [-0.05, 0) is 49.8 Å². The molecule has 1 amide bonds. The average Bonchev–Trinajstić information content (AvgIpc) is 2.59. The van der Waals surface area contributed by atoms with E-state index in [0.717, 1.165) is 49.3 Å². The summed E-state index contributed by atoms with van der Waals surface area (Å²) in [5.41, 5.74) is 1.14. The fourth-order valence-electron chi connectivity index (χ4n) is 3.39. The number of nitrogens with zero attached hydrogens (tertiary/aromatic N) is 1. The number of hydrogen-bond donors (Lipinski definition) is 0. The molecule has 2 aliphatic heterocycles. The van der Waals surface area contributed by atoms with Crippen molar-refractivity contribution in [3.63, 3.8) is 0 Å². The van der Waals surface area contributed by atoms with Gasteiger partial charge in [0.05, 0.1) is 0 Å². The first-order valence-corrected chi connectivity index (χ1v) is 8.46. The average molecular weight is 303 g/mol. The van der Waals surface area contributed by atoms with Gasteiger partial charge in [-0.15, -0.1) is 0 Å². The molecular formula is C18H25NO3. The summed E-state index contributed by atoms with van der Waals surface area (Å²) < 4.78 is 11.1. The minimum Gasteiger partial charge on any atom is -0.486 e. The molecule has 2 aliphatic rings. The quantitative estimate of drug-likeness (QED) is 0.857. The van der Waals surface area contributed by atoms with Crippen molar-refractivity contribution in [2.24, 2.45) is 0 Å². The molecule has 4 nitrogen and oxygen atoms in total. The normalized spacial score (nSPS) is 20.8. The predicted molar refractivity (Wildman–Crippen MR) is 85.4 cm³/mol. The Morgan fingerprint density at radius 2 is 2.05 bits per heavy atom. The van der Waals surface area contributed by atoms with Gasteiger partial charge in [0.15, 0.2) is 11.5 Å². The lowest BCUT2D eigenvalue weighted by Gasteiger charge is -2.35. The zero-order chi connectivity index (χ0) is 15.4. The monoisotopic (exact) mass is 303 g/mol. The van der Waals surface area contributed by atoms with Crippen LogP contribution in [0.1, 0.15) is 44.6 Å². The molecule has 1 saturated heterocycles. The molecule has 4 heteroatoms. The third kappa shape index (κ3) is 3.37. The van der Waals surface area contributed by atoms with Crippen LogP contribution in [0.2, 0.25) is 0 Å². The lowest BCUT2D eigenvalue weighted by atomic mass is 9.99. The van der Waals surface area contributed by atoms with Crippen LogP contribution in [0.3, 0.4) is 0 Å². The van der Waals surface area contributed by atoms with Gasteiger partial charge < -0.3 is 14.4 Å². The van der Waals surface area contributed by atoms with Crippen LogP contribution in [0.5, 0.6) is 11.5 Å². The number of carbonyl (C=O) groups excluding carboxylic acids is 1. The highest BCUT2D eigenvalue weighted by Crippen LogP contribution is 2.31. The highest BCUT2D eigenvalue weighted by atomic mass is 16.6. The molecule has 0 bridgehead atoms.